The van der Waals surface area contributed by atoms with Gasteiger partial charge >= 0.3 is 0 Å². The average molecular weight is 236 g/mol. The summed E-state index contributed by atoms with van der Waals surface area (Å²) in [4.78, 5) is 10.2. The van der Waals surface area contributed by atoms with Gasteiger partial charge in [-0.25, -0.2) is 0 Å². The molecular formula is C10H24N2O4. The first-order chi connectivity index (χ1) is 7.72. The lowest BCUT2D eigenvalue weighted by molar-refractivity contribution is -0.119. The van der Waals surface area contributed by atoms with E-state index in [9.17, 15) is 4.79 Å². The number of carbonyl (C=O) groups excluding carboxylic acids is 1. The second-order valence-electron chi connectivity index (χ2n) is 2.76. The van der Waals surface area contributed by atoms with E-state index in [4.69, 9.17) is 19.9 Å². The van der Waals surface area contributed by atoms with Crippen molar-refractivity contribution in [3.63, 3.8) is 0 Å². The molecule has 6 heteroatoms. The number of hydrogen-bond acceptors (Lipinski definition) is 5. The number of likely N-dealkylation sites (N-methyl/N-ethyl adjacent to an activating group) is 1. The quantitative estimate of drug-likeness (QED) is 0.549. The molecule has 0 aliphatic carbocycles. The number of rotatable bonds is 8. The first-order valence-electron chi connectivity index (χ1n) is 5.25. The van der Waals surface area contributed by atoms with Crippen LogP contribution in [0.5, 0.6) is 0 Å². The van der Waals surface area contributed by atoms with Gasteiger partial charge in [-0.05, 0) is 6.92 Å². The Morgan fingerprint density at radius 3 is 1.88 bits per heavy atom. The molecule has 0 atom stereocenters. The molecule has 16 heavy (non-hydrogen) atoms. The minimum absolute atomic E-state index is 0.0911. The van der Waals surface area contributed by atoms with Gasteiger partial charge in [-0.15, -0.1) is 0 Å². The summed E-state index contributed by atoms with van der Waals surface area (Å²) in [6.07, 6.45) is 0. The lowest BCUT2D eigenvalue weighted by Gasteiger charge is -2.00. The lowest BCUT2D eigenvalue weighted by Crippen LogP contribution is -2.29. The Bertz CT molecular complexity index is 139. The van der Waals surface area contributed by atoms with Crippen molar-refractivity contribution < 1.29 is 19.0 Å². The molecule has 0 bridgehead atoms. The third kappa shape index (κ3) is 19.0. The highest BCUT2D eigenvalue weighted by atomic mass is 16.5. The third-order valence-corrected chi connectivity index (χ3v) is 1.42. The molecule has 0 saturated carbocycles. The van der Waals surface area contributed by atoms with Gasteiger partial charge in [0.2, 0.25) is 5.91 Å². The summed E-state index contributed by atoms with van der Waals surface area (Å²) >= 11 is 0. The van der Waals surface area contributed by atoms with Gasteiger partial charge in [0.05, 0.1) is 33.0 Å². The normalized spacial score (nSPS) is 9.25. The van der Waals surface area contributed by atoms with Crippen molar-refractivity contribution in [1.82, 2.24) is 5.32 Å². The van der Waals surface area contributed by atoms with Crippen LogP contribution in [0.2, 0.25) is 0 Å². The largest absolute Gasteiger partial charge is 0.382 e. The van der Waals surface area contributed by atoms with Crippen LogP contribution in [-0.2, 0) is 19.0 Å². The van der Waals surface area contributed by atoms with Gasteiger partial charge in [0.15, 0.2) is 0 Å². The van der Waals surface area contributed by atoms with Crippen molar-refractivity contribution in [2.24, 2.45) is 5.73 Å². The molecule has 0 rings (SSSR count). The van der Waals surface area contributed by atoms with Gasteiger partial charge in [0, 0.05) is 20.8 Å². The average Bonchev–Trinajstić information content (AvgIpc) is 2.30. The highest BCUT2D eigenvalue weighted by Crippen LogP contribution is 1.75. The zero-order valence-corrected chi connectivity index (χ0v) is 10.5. The van der Waals surface area contributed by atoms with Crippen LogP contribution < -0.4 is 11.1 Å². The molecular weight excluding hydrogens is 212 g/mol. The van der Waals surface area contributed by atoms with Crippen LogP contribution in [0.4, 0.5) is 0 Å². The molecule has 0 saturated heterocycles. The maximum Gasteiger partial charge on any atom is 0.233 e. The molecule has 0 spiro atoms. The fourth-order valence-corrected chi connectivity index (χ4v) is 0.656. The molecule has 0 aromatic carbocycles. The number of carbonyl (C=O) groups is 1. The molecule has 6 nitrogen and oxygen atoms in total. The maximum atomic E-state index is 10.2. The van der Waals surface area contributed by atoms with E-state index in [0.717, 1.165) is 0 Å². The van der Waals surface area contributed by atoms with Crippen LogP contribution in [0.25, 0.3) is 0 Å². The topological polar surface area (TPSA) is 82.8 Å². The minimum Gasteiger partial charge on any atom is -0.382 e. The summed E-state index contributed by atoms with van der Waals surface area (Å²) in [5.74, 6) is -0.0949. The summed E-state index contributed by atoms with van der Waals surface area (Å²) in [5.41, 5.74) is 4.95. The first-order valence-corrected chi connectivity index (χ1v) is 5.25. The van der Waals surface area contributed by atoms with Crippen molar-refractivity contribution in [2.45, 2.75) is 6.92 Å². The summed E-state index contributed by atoms with van der Waals surface area (Å²) in [5, 5.41) is 2.53. The van der Waals surface area contributed by atoms with Gasteiger partial charge in [0.1, 0.15) is 0 Å². The Balaban J connectivity index is 0. The fourth-order valence-electron chi connectivity index (χ4n) is 0.656. The molecule has 0 aliphatic heterocycles. The van der Waals surface area contributed by atoms with Crippen molar-refractivity contribution in [3.8, 4) is 0 Å². The standard InChI is InChI=1S/C6H14O3.C4H10N2O/c1-7-3-5-9-6-4-8-2;1-2-6-4(7)3-5/h3-6H2,1-2H3;2-3,5H2,1H3,(H,6,7). The summed E-state index contributed by atoms with van der Waals surface area (Å²) in [7, 11) is 3.30. The highest BCUT2D eigenvalue weighted by Gasteiger charge is 1.88. The van der Waals surface area contributed by atoms with E-state index in [-0.39, 0.29) is 12.5 Å². The summed E-state index contributed by atoms with van der Waals surface area (Å²) in [6, 6.07) is 0. The molecule has 0 aromatic heterocycles. The number of hydrogen-bond donors (Lipinski definition) is 2. The predicted octanol–water partition coefficient (Wildman–Crippen LogP) is -0.623. The van der Waals surface area contributed by atoms with Crippen molar-refractivity contribution >= 4 is 5.91 Å². The van der Waals surface area contributed by atoms with E-state index in [1.54, 1.807) is 14.2 Å². The maximum absolute atomic E-state index is 10.2. The van der Waals surface area contributed by atoms with Gasteiger partial charge in [-0.1, -0.05) is 0 Å². The number of ether oxygens (including phenoxy) is 3. The molecule has 0 fully saturated rings. The lowest BCUT2D eigenvalue weighted by atomic mass is 10.6. The Labute approximate surface area is 97.4 Å². The molecule has 98 valence electrons. The van der Waals surface area contributed by atoms with Crippen molar-refractivity contribution in [3.05, 3.63) is 0 Å². The van der Waals surface area contributed by atoms with E-state index in [1.165, 1.54) is 0 Å². The second kappa shape index (κ2) is 16.7. The third-order valence-electron chi connectivity index (χ3n) is 1.42. The molecule has 0 unspecified atom stereocenters. The monoisotopic (exact) mass is 236 g/mol. The number of nitrogens with two attached hydrogens (primary N) is 1. The molecule has 0 aliphatic rings. The number of amides is 1. The van der Waals surface area contributed by atoms with Gasteiger partial charge in [-0.3, -0.25) is 4.79 Å². The summed E-state index contributed by atoms with van der Waals surface area (Å²) < 4.78 is 14.6. The van der Waals surface area contributed by atoms with Crippen LogP contribution in [0.3, 0.4) is 0 Å². The molecule has 0 aromatic rings. The van der Waals surface area contributed by atoms with Gasteiger partial charge < -0.3 is 25.3 Å². The van der Waals surface area contributed by atoms with E-state index in [1.807, 2.05) is 6.92 Å². The van der Waals surface area contributed by atoms with Gasteiger partial charge in [-0.2, -0.15) is 0 Å². The van der Waals surface area contributed by atoms with E-state index in [0.29, 0.717) is 33.0 Å². The Hall–Kier alpha value is -0.690. The zero-order chi connectivity index (χ0) is 12.6. The molecule has 1 amide bonds. The first kappa shape index (κ1) is 17.7. The smallest absolute Gasteiger partial charge is 0.233 e. The number of methoxy groups -OCH3 is 2. The summed E-state index contributed by atoms with van der Waals surface area (Å²) in [6.45, 7) is 5.23. The van der Waals surface area contributed by atoms with Crippen LogP contribution in [-0.4, -0.2) is 59.6 Å². The minimum atomic E-state index is -0.0949. The Morgan fingerprint density at radius 2 is 1.62 bits per heavy atom. The van der Waals surface area contributed by atoms with Gasteiger partial charge in [0.25, 0.3) is 0 Å². The van der Waals surface area contributed by atoms with Crippen molar-refractivity contribution in [1.29, 1.82) is 0 Å². The van der Waals surface area contributed by atoms with Crippen LogP contribution in [0, 0.1) is 0 Å². The molecule has 0 heterocycles. The second-order valence-corrected chi connectivity index (χ2v) is 2.76. The highest BCUT2D eigenvalue weighted by molar-refractivity contribution is 5.77. The van der Waals surface area contributed by atoms with Crippen LogP contribution in [0.15, 0.2) is 0 Å². The van der Waals surface area contributed by atoms with E-state index in [2.05, 4.69) is 5.32 Å². The van der Waals surface area contributed by atoms with Crippen LogP contribution in [0.1, 0.15) is 6.92 Å². The Kier molecular flexibility index (Phi) is 18.5. The molecule has 0 radical (unpaired) electrons. The molecule has 3 N–H and O–H groups in total. The predicted molar refractivity (Wildman–Crippen MR) is 62.3 cm³/mol. The van der Waals surface area contributed by atoms with E-state index >= 15 is 0 Å². The van der Waals surface area contributed by atoms with Crippen molar-refractivity contribution in [2.75, 3.05) is 53.7 Å². The SMILES string of the molecule is CCNC(=O)CN.COCCOCCOC. The van der Waals surface area contributed by atoms with E-state index < -0.39 is 0 Å². The fraction of sp³-hybridized carbons (Fsp3) is 0.900. The Morgan fingerprint density at radius 1 is 1.12 bits per heavy atom. The number of nitrogens with one attached hydrogen (secondary N) is 1. The van der Waals surface area contributed by atoms with Crippen LogP contribution >= 0.6 is 0 Å². The zero-order valence-electron chi connectivity index (χ0n) is 10.5.